The number of rotatable bonds is 9. The van der Waals surface area contributed by atoms with E-state index in [-0.39, 0.29) is 11.9 Å². The Bertz CT molecular complexity index is 155. The van der Waals surface area contributed by atoms with E-state index in [1.807, 2.05) is 13.8 Å². The van der Waals surface area contributed by atoms with Crippen LogP contribution in [0.1, 0.15) is 72.1 Å². The first-order valence-corrected chi connectivity index (χ1v) is 6.46. The molecule has 0 bridgehead atoms. The van der Waals surface area contributed by atoms with Gasteiger partial charge in [-0.05, 0) is 20.3 Å². The second-order valence-electron chi connectivity index (χ2n) is 4.59. The number of hydrogen-bond acceptors (Lipinski definition) is 1. The van der Waals surface area contributed by atoms with Crippen molar-refractivity contribution >= 4 is 5.91 Å². The molecule has 90 valence electrons. The molecule has 0 aliphatic carbocycles. The SMILES string of the molecule is CCCCCCCCCC(=O)NC(C)C. The molecule has 0 aromatic heterocycles. The molecule has 0 aliphatic heterocycles. The number of nitrogens with one attached hydrogen (secondary N) is 1. The Morgan fingerprint density at radius 1 is 1.00 bits per heavy atom. The third-order valence-electron chi connectivity index (χ3n) is 2.46. The number of carbonyl (C=O) groups excluding carboxylic acids is 1. The highest BCUT2D eigenvalue weighted by atomic mass is 16.1. The van der Waals surface area contributed by atoms with Crippen LogP contribution in [-0.4, -0.2) is 11.9 Å². The zero-order chi connectivity index (χ0) is 11.5. The standard InChI is InChI=1S/C13H27NO/c1-4-5-6-7-8-9-10-11-13(15)14-12(2)3/h12H,4-11H2,1-3H3,(H,14,15). The van der Waals surface area contributed by atoms with E-state index in [0.717, 1.165) is 6.42 Å². The van der Waals surface area contributed by atoms with Crippen molar-refractivity contribution in [3.05, 3.63) is 0 Å². The predicted octanol–water partition coefficient (Wildman–Crippen LogP) is 3.65. The lowest BCUT2D eigenvalue weighted by Crippen LogP contribution is -2.29. The average Bonchev–Trinajstić information content (AvgIpc) is 2.15. The molecule has 0 heterocycles. The maximum Gasteiger partial charge on any atom is 0.220 e. The highest BCUT2D eigenvalue weighted by Gasteiger charge is 2.01. The fourth-order valence-corrected chi connectivity index (χ4v) is 1.64. The van der Waals surface area contributed by atoms with E-state index in [1.165, 1.54) is 38.5 Å². The lowest BCUT2D eigenvalue weighted by molar-refractivity contribution is -0.121. The van der Waals surface area contributed by atoms with Crippen LogP contribution in [-0.2, 0) is 4.79 Å². The Morgan fingerprint density at radius 3 is 2.07 bits per heavy atom. The van der Waals surface area contributed by atoms with Crippen LogP contribution in [0.3, 0.4) is 0 Å². The summed E-state index contributed by atoms with van der Waals surface area (Å²) in [6.45, 7) is 6.24. The van der Waals surface area contributed by atoms with E-state index in [0.29, 0.717) is 6.42 Å². The van der Waals surface area contributed by atoms with E-state index in [4.69, 9.17) is 0 Å². The van der Waals surface area contributed by atoms with Crippen LogP contribution in [0.15, 0.2) is 0 Å². The molecule has 0 atom stereocenters. The second kappa shape index (κ2) is 10.0. The van der Waals surface area contributed by atoms with Gasteiger partial charge in [0.05, 0.1) is 0 Å². The molecule has 0 aliphatic rings. The minimum atomic E-state index is 0.207. The van der Waals surface area contributed by atoms with E-state index in [1.54, 1.807) is 0 Å². The molecule has 15 heavy (non-hydrogen) atoms. The van der Waals surface area contributed by atoms with Crippen LogP contribution in [0.5, 0.6) is 0 Å². The molecule has 0 spiro atoms. The first kappa shape index (κ1) is 14.5. The maximum atomic E-state index is 11.3. The molecular weight excluding hydrogens is 186 g/mol. The van der Waals surface area contributed by atoms with Crippen LogP contribution in [0.4, 0.5) is 0 Å². The van der Waals surface area contributed by atoms with Gasteiger partial charge in [-0.3, -0.25) is 4.79 Å². The first-order valence-electron chi connectivity index (χ1n) is 6.46. The van der Waals surface area contributed by atoms with Crippen LogP contribution in [0.2, 0.25) is 0 Å². The highest BCUT2D eigenvalue weighted by molar-refractivity contribution is 5.76. The van der Waals surface area contributed by atoms with Crippen LogP contribution < -0.4 is 5.32 Å². The predicted molar refractivity (Wildman–Crippen MR) is 65.9 cm³/mol. The summed E-state index contributed by atoms with van der Waals surface area (Å²) in [5, 5.41) is 2.92. The smallest absolute Gasteiger partial charge is 0.220 e. The van der Waals surface area contributed by atoms with Crippen molar-refractivity contribution in [3.8, 4) is 0 Å². The summed E-state index contributed by atoms with van der Waals surface area (Å²) in [6, 6.07) is 0.280. The van der Waals surface area contributed by atoms with Gasteiger partial charge < -0.3 is 5.32 Å². The number of amides is 1. The Balaban J connectivity index is 3.13. The summed E-state index contributed by atoms with van der Waals surface area (Å²) in [7, 11) is 0. The van der Waals surface area contributed by atoms with Crippen molar-refractivity contribution in [2.45, 2.75) is 78.2 Å². The third kappa shape index (κ3) is 11.4. The van der Waals surface area contributed by atoms with E-state index in [9.17, 15) is 4.79 Å². The van der Waals surface area contributed by atoms with Gasteiger partial charge in [-0.15, -0.1) is 0 Å². The van der Waals surface area contributed by atoms with Gasteiger partial charge in [-0.25, -0.2) is 0 Å². The molecule has 0 unspecified atom stereocenters. The Hall–Kier alpha value is -0.530. The van der Waals surface area contributed by atoms with E-state index in [2.05, 4.69) is 12.2 Å². The largest absolute Gasteiger partial charge is 0.354 e. The van der Waals surface area contributed by atoms with Crippen molar-refractivity contribution in [2.24, 2.45) is 0 Å². The molecule has 0 radical (unpaired) electrons. The molecule has 0 fully saturated rings. The average molecular weight is 213 g/mol. The van der Waals surface area contributed by atoms with Crippen LogP contribution in [0, 0.1) is 0 Å². The van der Waals surface area contributed by atoms with Crippen molar-refractivity contribution in [2.75, 3.05) is 0 Å². The lowest BCUT2D eigenvalue weighted by Gasteiger charge is -2.07. The minimum absolute atomic E-state index is 0.207. The first-order chi connectivity index (χ1) is 7.16. The summed E-state index contributed by atoms with van der Waals surface area (Å²) in [4.78, 5) is 11.3. The summed E-state index contributed by atoms with van der Waals surface area (Å²) in [5.74, 6) is 0.207. The van der Waals surface area contributed by atoms with Gasteiger partial charge in [0.15, 0.2) is 0 Å². The fraction of sp³-hybridized carbons (Fsp3) is 0.923. The monoisotopic (exact) mass is 213 g/mol. The van der Waals surface area contributed by atoms with Gasteiger partial charge >= 0.3 is 0 Å². The van der Waals surface area contributed by atoms with Crippen molar-refractivity contribution in [3.63, 3.8) is 0 Å². The third-order valence-corrected chi connectivity index (χ3v) is 2.46. The van der Waals surface area contributed by atoms with Gasteiger partial charge in [0.25, 0.3) is 0 Å². The Morgan fingerprint density at radius 2 is 1.53 bits per heavy atom. The molecule has 0 aromatic carbocycles. The number of hydrogen-bond donors (Lipinski definition) is 1. The van der Waals surface area contributed by atoms with Crippen molar-refractivity contribution in [1.29, 1.82) is 0 Å². The summed E-state index contributed by atoms with van der Waals surface area (Å²) >= 11 is 0. The van der Waals surface area contributed by atoms with Gasteiger partial charge in [0.1, 0.15) is 0 Å². The minimum Gasteiger partial charge on any atom is -0.354 e. The zero-order valence-electron chi connectivity index (χ0n) is 10.6. The summed E-state index contributed by atoms with van der Waals surface area (Å²) in [6.07, 6.45) is 9.58. The molecule has 1 N–H and O–H groups in total. The molecule has 0 saturated carbocycles. The molecule has 2 heteroatoms. The molecule has 0 aromatic rings. The second-order valence-corrected chi connectivity index (χ2v) is 4.59. The summed E-state index contributed by atoms with van der Waals surface area (Å²) in [5.41, 5.74) is 0. The molecule has 0 rings (SSSR count). The zero-order valence-corrected chi connectivity index (χ0v) is 10.6. The van der Waals surface area contributed by atoms with Gasteiger partial charge in [-0.2, -0.15) is 0 Å². The fourth-order valence-electron chi connectivity index (χ4n) is 1.64. The lowest BCUT2D eigenvalue weighted by atomic mass is 10.1. The van der Waals surface area contributed by atoms with Crippen molar-refractivity contribution in [1.82, 2.24) is 5.32 Å². The van der Waals surface area contributed by atoms with Gasteiger partial charge in [0, 0.05) is 12.5 Å². The quantitative estimate of drug-likeness (QED) is 0.582. The highest BCUT2D eigenvalue weighted by Crippen LogP contribution is 2.08. The van der Waals surface area contributed by atoms with Gasteiger partial charge in [-0.1, -0.05) is 45.4 Å². The number of carbonyl (C=O) groups is 1. The molecular formula is C13H27NO. The summed E-state index contributed by atoms with van der Waals surface area (Å²) < 4.78 is 0. The molecule has 1 amide bonds. The van der Waals surface area contributed by atoms with Crippen LogP contribution >= 0.6 is 0 Å². The van der Waals surface area contributed by atoms with Gasteiger partial charge in [0.2, 0.25) is 5.91 Å². The van der Waals surface area contributed by atoms with Crippen molar-refractivity contribution < 1.29 is 4.79 Å². The molecule has 0 saturated heterocycles. The topological polar surface area (TPSA) is 29.1 Å². The Kier molecular flexibility index (Phi) is 9.65. The Labute approximate surface area is 94.8 Å². The van der Waals surface area contributed by atoms with E-state index < -0.39 is 0 Å². The maximum absolute atomic E-state index is 11.3. The number of unbranched alkanes of at least 4 members (excludes halogenated alkanes) is 6. The van der Waals surface area contributed by atoms with Crippen LogP contribution in [0.25, 0.3) is 0 Å². The van der Waals surface area contributed by atoms with E-state index >= 15 is 0 Å². The molecule has 2 nitrogen and oxygen atoms in total. The normalized spacial score (nSPS) is 10.7.